The molecule has 2 aliphatic carbocycles. The molecule has 2 heterocycles. The van der Waals surface area contributed by atoms with Gasteiger partial charge in [-0.1, -0.05) is 164 Å². The molecule has 56 heavy (non-hydrogen) atoms. The number of anilines is 2. The predicted molar refractivity (Wildman–Crippen MR) is 228 cm³/mol. The lowest BCUT2D eigenvalue weighted by Crippen LogP contribution is -2.39. The smallest absolute Gasteiger partial charge is 0.168 e. The van der Waals surface area contributed by atoms with Crippen molar-refractivity contribution in [1.29, 1.82) is 0 Å². The van der Waals surface area contributed by atoms with E-state index in [2.05, 4.69) is 217 Å². The Morgan fingerprint density at radius 2 is 1.04 bits per heavy atom. The first kappa shape index (κ1) is 32.4. The van der Waals surface area contributed by atoms with Crippen LogP contribution in [0.3, 0.4) is 0 Å². The molecule has 8 aromatic rings. The second kappa shape index (κ2) is 12.5. The maximum Gasteiger partial charge on any atom is 0.168 e. The summed E-state index contributed by atoms with van der Waals surface area (Å²) >= 11 is 0. The third-order valence-electron chi connectivity index (χ3n) is 12.3. The van der Waals surface area contributed by atoms with E-state index in [4.69, 9.17) is 10.2 Å². The van der Waals surface area contributed by atoms with Crippen molar-refractivity contribution < 1.29 is 0 Å². The number of nitrogens with zero attached hydrogens (tertiary/aromatic N) is 4. The highest BCUT2D eigenvalue weighted by Gasteiger charge is 2.47. The number of para-hydroxylation sites is 1. The zero-order chi connectivity index (χ0) is 37.3. The molecule has 0 bridgehead atoms. The van der Waals surface area contributed by atoms with E-state index in [9.17, 15) is 0 Å². The maximum absolute atomic E-state index is 4.94. The monoisotopic (exact) mass is 718 g/mol. The van der Waals surface area contributed by atoms with Crippen molar-refractivity contribution in [3.05, 3.63) is 234 Å². The minimum atomic E-state index is -0.517. The van der Waals surface area contributed by atoms with Gasteiger partial charge in [-0.25, -0.2) is 0 Å². The van der Waals surface area contributed by atoms with Crippen molar-refractivity contribution in [2.45, 2.75) is 23.8 Å². The lowest BCUT2D eigenvalue weighted by Gasteiger charge is -2.34. The normalized spacial score (nSPS) is 18.3. The first-order chi connectivity index (χ1) is 27.7. The van der Waals surface area contributed by atoms with Gasteiger partial charge in [0.25, 0.3) is 0 Å². The second-order valence-corrected chi connectivity index (χ2v) is 15.2. The minimum Gasteiger partial charge on any atom is -0.333 e. The van der Waals surface area contributed by atoms with E-state index < -0.39 is 5.41 Å². The van der Waals surface area contributed by atoms with Gasteiger partial charge in [-0.05, 0) is 88.3 Å². The van der Waals surface area contributed by atoms with Crippen molar-refractivity contribution in [3.63, 3.8) is 0 Å². The van der Waals surface area contributed by atoms with E-state index in [-0.39, 0.29) is 11.5 Å². The molecular weight excluding hydrogens is 681 g/mol. The molecule has 4 nitrogen and oxygen atoms in total. The minimum absolute atomic E-state index is 0.100. The van der Waals surface area contributed by atoms with Gasteiger partial charge in [-0.3, -0.25) is 4.57 Å². The van der Waals surface area contributed by atoms with Gasteiger partial charge in [0.1, 0.15) is 0 Å². The van der Waals surface area contributed by atoms with Crippen LogP contribution in [0.5, 0.6) is 0 Å². The molecule has 0 saturated heterocycles. The van der Waals surface area contributed by atoms with Crippen molar-refractivity contribution >= 4 is 11.4 Å². The first-order valence-corrected chi connectivity index (χ1v) is 19.4. The molecule has 2 atom stereocenters. The highest BCUT2D eigenvalue weighted by Crippen LogP contribution is 2.57. The molecule has 4 heteroatoms. The zero-order valence-electron chi connectivity index (χ0n) is 31.0. The summed E-state index contributed by atoms with van der Waals surface area (Å²) in [5.74, 6) is 1.59. The molecule has 1 aromatic heterocycles. The summed E-state index contributed by atoms with van der Waals surface area (Å²) in [6.45, 7) is 2.35. The van der Waals surface area contributed by atoms with Crippen molar-refractivity contribution in [1.82, 2.24) is 14.8 Å². The number of hydrogen-bond donors (Lipinski definition) is 0. The molecule has 266 valence electrons. The lowest BCUT2D eigenvalue weighted by atomic mass is 9.67. The van der Waals surface area contributed by atoms with Gasteiger partial charge in [0.2, 0.25) is 0 Å². The Morgan fingerprint density at radius 1 is 0.482 bits per heavy atom. The van der Waals surface area contributed by atoms with Crippen LogP contribution in [0.2, 0.25) is 0 Å². The average Bonchev–Trinajstić information content (AvgIpc) is 3.92. The average molecular weight is 719 g/mol. The summed E-state index contributed by atoms with van der Waals surface area (Å²) in [7, 11) is 0. The lowest BCUT2D eigenvalue weighted by molar-refractivity contribution is 0.551. The van der Waals surface area contributed by atoms with E-state index >= 15 is 0 Å². The van der Waals surface area contributed by atoms with Crippen LogP contribution in [0.15, 0.2) is 206 Å². The number of fused-ring (bicyclic) bond motifs is 6. The van der Waals surface area contributed by atoms with Crippen LogP contribution in [0.25, 0.3) is 39.6 Å². The van der Waals surface area contributed by atoms with Crippen LogP contribution in [0.4, 0.5) is 11.4 Å². The first-order valence-electron chi connectivity index (χ1n) is 19.4. The van der Waals surface area contributed by atoms with Crippen LogP contribution in [0.1, 0.15) is 34.7 Å². The molecular formula is C52H38N4. The van der Waals surface area contributed by atoms with Crippen LogP contribution < -0.4 is 4.90 Å². The van der Waals surface area contributed by atoms with Crippen molar-refractivity contribution in [2.24, 2.45) is 0 Å². The number of benzene rings is 7. The molecule has 1 aliphatic heterocycles. The fourth-order valence-electron chi connectivity index (χ4n) is 9.75. The van der Waals surface area contributed by atoms with Crippen molar-refractivity contribution in [2.75, 3.05) is 4.90 Å². The van der Waals surface area contributed by atoms with E-state index in [0.29, 0.717) is 0 Å². The Morgan fingerprint density at radius 3 is 1.73 bits per heavy atom. The Kier molecular flexibility index (Phi) is 7.23. The molecule has 0 saturated carbocycles. The Balaban J connectivity index is 1.10. The number of aromatic nitrogens is 3. The second-order valence-electron chi connectivity index (χ2n) is 15.2. The Bertz CT molecular complexity index is 2780. The SMILES string of the molecule is CC12C=CC=CC1N(c1ccc(-c3nnc(-c4ccccc4)n3-c3ccc4c(c3)C(c3ccccc3)(c3ccccc3)c3ccccc3-4)cc1)c1ccccc12. The third-order valence-corrected chi connectivity index (χ3v) is 12.3. The van der Waals surface area contributed by atoms with Crippen LogP contribution in [-0.2, 0) is 10.8 Å². The highest BCUT2D eigenvalue weighted by atomic mass is 15.3. The number of hydrogen-bond acceptors (Lipinski definition) is 3. The van der Waals surface area contributed by atoms with Gasteiger partial charge in [-0.15, -0.1) is 10.2 Å². The molecule has 0 fully saturated rings. The van der Waals surface area contributed by atoms with E-state index in [1.165, 1.54) is 44.6 Å². The summed E-state index contributed by atoms with van der Waals surface area (Å²) in [5, 5.41) is 9.85. The quantitative estimate of drug-likeness (QED) is 0.172. The topological polar surface area (TPSA) is 34.0 Å². The summed E-state index contributed by atoms with van der Waals surface area (Å²) in [4.78, 5) is 2.48. The Hall–Kier alpha value is -7.04. The Labute approximate surface area is 327 Å². The molecule has 0 amide bonds. The summed E-state index contributed by atoms with van der Waals surface area (Å²) < 4.78 is 2.24. The summed E-state index contributed by atoms with van der Waals surface area (Å²) in [6.07, 6.45) is 9.02. The predicted octanol–water partition coefficient (Wildman–Crippen LogP) is 11.9. The zero-order valence-corrected chi connectivity index (χ0v) is 31.0. The third kappa shape index (κ3) is 4.59. The largest absolute Gasteiger partial charge is 0.333 e. The maximum atomic E-state index is 4.94. The summed E-state index contributed by atoms with van der Waals surface area (Å²) in [6, 6.07) is 66.0. The van der Waals surface area contributed by atoms with Crippen LogP contribution >= 0.6 is 0 Å². The fourth-order valence-corrected chi connectivity index (χ4v) is 9.75. The van der Waals surface area contributed by atoms with E-state index in [0.717, 1.165) is 34.2 Å². The number of rotatable bonds is 6. The van der Waals surface area contributed by atoms with Gasteiger partial charge >= 0.3 is 0 Å². The molecule has 3 aliphatic rings. The molecule has 11 rings (SSSR count). The van der Waals surface area contributed by atoms with E-state index in [1.807, 2.05) is 6.07 Å². The summed E-state index contributed by atoms with van der Waals surface area (Å²) in [5.41, 5.74) is 13.6. The van der Waals surface area contributed by atoms with Gasteiger partial charge < -0.3 is 4.90 Å². The fraction of sp³-hybridized carbons (Fsp3) is 0.0769. The standard InChI is InChI=1S/C52H38N4/c1-51-34-16-15-27-48(51)55(47-26-14-13-25-45(47)51)40-30-28-37(29-31-40)50-54-53-49(36-17-5-2-6-18-36)56(50)41-32-33-43-42-23-11-12-24-44(42)52(46(43)35-41,38-19-7-3-8-20-38)39-21-9-4-10-22-39/h2-35,48H,1H3. The van der Waals surface area contributed by atoms with Gasteiger partial charge in [0.15, 0.2) is 11.6 Å². The number of allylic oxidation sites excluding steroid dienone is 2. The van der Waals surface area contributed by atoms with Gasteiger partial charge in [0, 0.05) is 33.6 Å². The molecule has 7 aromatic carbocycles. The molecule has 2 unspecified atom stereocenters. The molecule has 0 radical (unpaired) electrons. The van der Waals surface area contributed by atoms with Crippen LogP contribution in [0, 0.1) is 0 Å². The molecule has 0 spiro atoms. The highest BCUT2D eigenvalue weighted by molar-refractivity contribution is 5.87. The van der Waals surface area contributed by atoms with Gasteiger partial charge in [-0.2, -0.15) is 0 Å². The van der Waals surface area contributed by atoms with Crippen molar-refractivity contribution in [3.8, 4) is 39.6 Å². The van der Waals surface area contributed by atoms with E-state index in [1.54, 1.807) is 0 Å². The van der Waals surface area contributed by atoms with Crippen LogP contribution in [-0.4, -0.2) is 20.8 Å². The molecule has 0 N–H and O–H groups in total. The van der Waals surface area contributed by atoms with Gasteiger partial charge in [0.05, 0.1) is 11.5 Å².